The van der Waals surface area contributed by atoms with E-state index in [2.05, 4.69) is 20.7 Å². The molecule has 0 aliphatic heterocycles. The normalized spacial score (nSPS) is 10.4. The van der Waals surface area contributed by atoms with E-state index in [1.54, 1.807) is 0 Å². The molecule has 0 fully saturated rings. The Hall–Kier alpha value is -1.77. The topological polar surface area (TPSA) is 89.7 Å². The van der Waals surface area contributed by atoms with Crippen LogP contribution in [-0.2, 0) is 5.33 Å². The van der Waals surface area contributed by atoms with Gasteiger partial charge in [-0.15, -0.1) is 0 Å². The first-order valence-electron chi connectivity index (χ1n) is 4.42. The van der Waals surface area contributed by atoms with Crippen LogP contribution in [0.1, 0.15) is 15.9 Å². The number of carboxylic acids is 1. The van der Waals surface area contributed by atoms with Gasteiger partial charge in [0.25, 0.3) is 5.69 Å². The van der Waals surface area contributed by atoms with Gasteiger partial charge in [0.2, 0.25) is 0 Å². The summed E-state index contributed by atoms with van der Waals surface area (Å²) in [5, 5.41) is 19.4. The number of aromatic carboxylic acids is 1. The minimum absolute atomic E-state index is 0.175. The van der Waals surface area contributed by atoms with Gasteiger partial charge in [-0.1, -0.05) is 15.9 Å². The number of hydrogen-bond acceptors (Lipinski definition) is 4. The number of rotatable bonds is 5. The highest BCUT2D eigenvalue weighted by Gasteiger charge is 2.26. The van der Waals surface area contributed by atoms with Crippen LogP contribution >= 0.6 is 15.9 Å². The van der Waals surface area contributed by atoms with Gasteiger partial charge < -0.3 is 9.84 Å². The number of benzene rings is 1. The molecule has 1 aromatic rings. The summed E-state index contributed by atoms with van der Waals surface area (Å²) in [6, 6.07) is 1.75. The van der Waals surface area contributed by atoms with E-state index in [0.717, 1.165) is 12.1 Å². The number of carbonyl (C=O) groups is 1. The lowest BCUT2D eigenvalue weighted by atomic mass is 10.1. The quantitative estimate of drug-likeness (QED) is 0.510. The van der Waals surface area contributed by atoms with Crippen molar-refractivity contribution in [1.82, 2.24) is 0 Å². The van der Waals surface area contributed by atoms with E-state index in [-0.39, 0.29) is 10.9 Å². The largest absolute Gasteiger partial charge is 0.478 e. The predicted molar refractivity (Wildman–Crippen MR) is 59.3 cm³/mol. The Morgan fingerprint density at radius 1 is 1.56 bits per heavy atom. The Morgan fingerprint density at radius 2 is 2.17 bits per heavy atom. The second kappa shape index (κ2) is 5.71. The first kappa shape index (κ1) is 14.3. The second-order valence-electron chi connectivity index (χ2n) is 3.01. The maximum absolute atomic E-state index is 12.1. The lowest BCUT2D eigenvalue weighted by Gasteiger charge is -2.11. The molecule has 1 rings (SSSR count). The van der Waals surface area contributed by atoms with Crippen LogP contribution in [0.25, 0.3) is 0 Å². The van der Waals surface area contributed by atoms with Crippen molar-refractivity contribution in [2.24, 2.45) is 0 Å². The van der Waals surface area contributed by atoms with Gasteiger partial charge >= 0.3 is 12.6 Å². The monoisotopic (exact) mass is 325 g/mol. The zero-order chi connectivity index (χ0) is 13.9. The van der Waals surface area contributed by atoms with Crippen molar-refractivity contribution in [3.8, 4) is 5.75 Å². The van der Waals surface area contributed by atoms with Crippen LogP contribution in [-0.4, -0.2) is 22.6 Å². The first-order valence-corrected chi connectivity index (χ1v) is 5.55. The van der Waals surface area contributed by atoms with Gasteiger partial charge in [0.1, 0.15) is 11.3 Å². The summed E-state index contributed by atoms with van der Waals surface area (Å²) in [5.41, 5.74) is -1.36. The Bertz CT molecular complexity index is 494. The molecule has 98 valence electrons. The number of halogens is 3. The average Bonchev–Trinajstić information content (AvgIpc) is 2.26. The van der Waals surface area contributed by atoms with Gasteiger partial charge in [-0.25, -0.2) is 4.79 Å². The maximum atomic E-state index is 12.1. The number of nitro groups is 1. The molecule has 0 atom stereocenters. The number of carboxylic acid groups (broad SMARTS) is 1. The fraction of sp³-hybridized carbons (Fsp3) is 0.222. The summed E-state index contributed by atoms with van der Waals surface area (Å²) >= 11 is 2.89. The molecule has 0 radical (unpaired) electrons. The van der Waals surface area contributed by atoms with Crippen LogP contribution in [0.15, 0.2) is 12.1 Å². The Labute approximate surface area is 107 Å². The molecule has 0 aliphatic rings. The van der Waals surface area contributed by atoms with Crippen molar-refractivity contribution >= 4 is 27.6 Å². The lowest BCUT2D eigenvalue weighted by Crippen LogP contribution is -2.11. The molecule has 9 heteroatoms. The van der Waals surface area contributed by atoms with E-state index in [4.69, 9.17) is 5.11 Å². The molecule has 0 bridgehead atoms. The summed E-state index contributed by atoms with van der Waals surface area (Å²) in [4.78, 5) is 20.9. The summed E-state index contributed by atoms with van der Waals surface area (Å²) < 4.78 is 28.2. The van der Waals surface area contributed by atoms with E-state index in [1.807, 2.05) is 0 Å². The van der Waals surface area contributed by atoms with Gasteiger partial charge in [0, 0.05) is 11.4 Å². The molecule has 6 nitrogen and oxygen atoms in total. The molecule has 0 spiro atoms. The third-order valence-electron chi connectivity index (χ3n) is 2.01. The van der Waals surface area contributed by atoms with E-state index >= 15 is 0 Å². The molecule has 0 heterocycles. The van der Waals surface area contributed by atoms with Gasteiger partial charge in [0.05, 0.1) is 10.5 Å². The van der Waals surface area contributed by atoms with Crippen molar-refractivity contribution in [3.05, 3.63) is 33.4 Å². The highest BCUT2D eigenvalue weighted by Crippen LogP contribution is 2.32. The van der Waals surface area contributed by atoms with Crippen molar-refractivity contribution in [1.29, 1.82) is 0 Å². The molecular weight excluding hydrogens is 320 g/mol. The van der Waals surface area contributed by atoms with Crippen LogP contribution in [0.4, 0.5) is 14.5 Å². The van der Waals surface area contributed by atoms with Crippen LogP contribution < -0.4 is 4.74 Å². The van der Waals surface area contributed by atoms with Crippen molar-refractivity contribution in [2.75, 3.05) is 0 Å². The van der Waals surface area contributed by atoms with Crippen LogP contribution in [0.5, 0.6) is 5.75 Å². The molecule has 0 unspecified atom stereocenters. The number of alkyl halides is 3. The minimum atomic E-state index is -3.22. The molecule has 0 saturated carbocycles. The summed E-state index contributed by atoms with van der Waals surface area (Å²) in [7, 11) is 0. The summed E-state index contributed by atoms with van der Waals surface area (Å²) in [6.45, 7) is -3.22. The number of nitrogens with zero attached hydrogens (tertiary/aromatic N) is 1. The van der Waals surface area contributed by atoms with E-state index in [9.17, 15) is 23.7 Å². The van der Waals surface area contributed by atoms with E-state index in [0.29, 0.717) is 0 Å². The van der Waals surface area contributed by atoms with Gasteiger partial charge in [-0.3, -0.25) is 10.1 Å². The molecule has 0 aliphatic carbocycles. The molecular formula is C9H6BrF2NO5. The Kier molecular flexibility index (Phi) is 4.54. The van der Waals surface area contributed by atoms with E-state index < -0.39 is 34.5 Å². The third kappa shape index (κ3) is 2.92. The molecule has 0 amide bonds. The van der Waals surface area contributed by atoms with Crippen molar-refractivity contribution in [3.63, 3.8) is 0 Å². The third-order valence-corrected chi connectivity index (χ3v) is 2.57. The zero-order valence-corrected chi connectivity index (χ0v) is 10.2. The molecule has 18 heavy (non-hydrogen) atoms. The van der Waals surface area contributed by atoms with Crippen LogP contribution in [0.2, 0.25) is 0 Å². The Morgan fingerprint density at radius 3 is 2.56 bits per heavy atom. The molecule has 1 aromatic carbocycles. The molecule has 0 saturated heterocycles. The van der Waals surface area contributed by atoms with Crippen LogP contribution in [0, 0.1) is 10.1 Å². The van der Waals surface area contributed by atoms with Crippen LogP contribution in [0.3, 0.4) is 0 Å². The molecule has 1 N–H and O–H groups in total. The fourth-order valence-corrected chi connectivity index (χ4v) is 1.92. The van der Waals surface area contributed by atoms with Gasteiger partial charge in [0.15, 0.2) is 0 Å². The van der Waals surface area contributed by atoms with E-state index in [1.165, 1.54) is 0 Å². The van der Waals surface area contributed by atoms with Crippen molar-refractivity contribution < 1.29 is 28.3 Å². The smallest absolute Gasteiger partial charge is 0.387 e. The maximum Gasteiger partial charge on any atom is 0.387 e. The highest BCUT2D eigenvalue weighted by molar-refractivity contribution is 9.08. The first-order chi connectivity index (χ1) is 8.38. The predicted octanol–water partition coefficient (Wildman–Crippen LogP) is 2.79. The Balaban J connectivity index is 3.48. The van der Waals surface area contributed by atoms with Crippen molar-refractivity contribution in [2.45, 2.75) is 11.9 Å². The second-order valence-corrected chi connectivity index (χ2v) is 3.57. The summed E-state index contributed by atoms with van der Waals surface area (Å²) in [6.07, 6.45) is 0. The standard InChI is InChI=1S/C9H6BrF2NO5/c10-3-4-5(13(16)17)1-2-6(18-9(11)12)7(4)8(14)15/h1-2,9H,3H2,(H,14,15). The van der Waals surface area contributed by atoms with Gasteiger partial charge in [-0.2, -0.15) is 8.78 Å². The number of nitro benzene ring substituents is 1. The number of ether oxygens (including phenoxy) is 1. The fourth-order valence-electron chi connectivity index (χ4n) is 1.35. The molecule has 0 aromatic heterocycles. The summed E-state index contributed by atoms with van der Waals surface area (Å²) in [5.74, 6) is -2.19. The zero-order valence-electron chi connectivity index (χ0n) is 8.60. The van der Waals surface area contributed by atoms with Gasteiger partial charge in [-0.05, 0) is 6.07 Å². The average molecular weight is 326 g/mol. The lowest BCUT2D eigenvalue weighted by molar-refractivity contribution is -0.385. The number of hydrogen-bond donors (Lipinski definition) is 1. The minimum Gasteiger partial charge on any atom is -0.478 e. The SMILES string of the molecule is O=C(O)c1c(OC(F)F)ccc([N+](=O)[O-])c1CBr. The highest BCUT2D eigenvalue weighted by atomic mass is 79.9.